The van der Waals surface area contributed by atoms with Crippen molar-refractivity contribution in [3.63, 3.8) is 0 Å². The van der Waals surface area contributed by atoms with Crippen molar-refractivity contribution in [2.24, 2.45) is 0 Å². The van der Waals surface area contributed by atoms with Gasteiger partial charge in [0.2, 0.25) is 16.4 Å². The molecule has 9 heteroatoms. The van der Waals surface area contributed by atoms with E-state index in [0.29, 0.717) is 12.2 Å². The molecule has 0 spiro atoms. The number of nitrogens with one attached hydrogen (secondary N) is 1. The highest BCUT2D eigenvalue weighted by molar-refractivity contribution is 7.89. The van der Waals surface area contributed by atoms with Gasteiger partial charge in [0, 0.05) is 18.4 Å². The first-order chi connectivity index (χ1) is 9.56. The van der Waals surface area contributed by atoms with E-state index in [1.807, 2.05) is 6.92 Å². The first kappa shape index (κ1) is 14.7. The van der Waals surface area contributed by atoms with Gasteiger partial charge in [-0.1, -0.05) is 12.1 Å². The van der Waals surface area contributed by atoms with E-state index >= 15 is 0 Å². The summed E-state index contributed by atoms with van der Waals surface area (Å²) in [6.07, 6.45) is 3.48. The third-order valence-electron chi connectivity index (χ3n) is 2.72. The summed E-state index contributed by atoms with van der Waals surface area (Å²) >= 11 is 0. The Bertz CT molecular complexity index is 648. The molecule has 2 rings (SSSR count). The number of sulfonamides is 1. The molecule has 2 heterocycles. The van der Waals surface area contributed by atoms with Crippen LogP contribution in [0.4, 0.5) is 0 Å². The van der Waals surface area contributed by atoms with Gasteiger partial charge in [-0.25, -0.2) is 13.1 Å². The number of aryl methyl sites for hydroxylation is 1. The average molecular weight is 300 g/mol. The van der Waals surface area contributed by atoms with Crippen molar-refractivity contribution < 1.29 is 18.0 Å². The second-order valence-corrected chi connectivity index (χ2v) is 5.96. The number of nitrogens with zero attached hydrogens (tertiary/aromatic N) is 3. The molecule has 0 fully saturated rings. The van der Waals surface area contributed by atoms with Crippen LogP contribution in [0.2, 0.25) is 0 Å². The number of hydrogen-bond acceptors (Lipinski definition) is 6. The first-order valence-corrected chi connectivity index (χ1v) is 7.60. The van der Waals surface area contributed by atoms with E-state index in [-0.39, 0.29) is 23.9 Å². The van der Waals surface area contributed by atoms with Crippen molar-refractivity contribution in [2.45, 2.75) is 37.9 Å². The maximum absolute atomic E-state index is 12.1. The van der Waals surface area contributed by atoms with Gasteiger partial charge >= 0.3 is 0 Å². The first-order valence-electron chi connectivity index (χ1n) is 6.11. The van der Waals surface area contributed by atoms with Crippen molar-refractivity contribution in [1.29, 1.82) is 0 Å². The quantitative estimate of drug-likeness (QED) is 0.758. The average Bonchev–Trinajstić information content (AvgIpc) is 3.06. The van der Waals surface area contributed by atoms with Gasteiger partial charge in [-0.3, -0.25) is 0 Å². The Morgan fingerprint density at radius 2 is 2.30 bits per heavy atom. The molecule has 0 saturated heterocycles. The van der Waals surface area contributed by atoms with Gasteiger partial charge in [0.1, 0.15) is 0 Å². The fourth-order valence-electron chi connectivity index (χ4n) is 1.77. The summed E-state index contributed by atoms with van der Waals surface area (Å²) in [6, 6.07) is 1.45. The van der Waals surface area contributed by atoms with Gasteiger partial charge in [-0.05, 0) is 12.5 Å². The van der Waals surface area contributed by atoms with Gasteiger partial charge < -0.3 is 14.2 Å². The van der Waals surface area contributed by atoms with Crippen LogP contribution in [0.3, 0.4) is 0 Å². The minimum atomic E-state index is -3.67. The van der Waals surface area contributed by atoms with E-state index in [0.717, 1.165) is 12.8 Å². The zero-order chi connectivity index (χ0) is 14.6. The number of aromatic nitrogens is 3. The van der Waals surface area contributed by atoms with Crippen LogP contribution in [0.5, 0.6) is 0 Å². The summed E-state index contributed by atoms with van der Waals surface area (Å²) in [5.41, 5.74) is 0.562. The Morgan fingerprint density at radius 3 is 2.90 bits per heavy atom. The molecule has 0 aliphatic carbocycles. The molecule has 0 amide bonds. The number of rotatable bonds is 7. The predicted molar refractivity (Wildman–Crippen MR) is 69.0 cm³/mol. The lowest BCUT2D eigenvalue weighted by Gasteiger charge is -2.03. The third-order valence-corrected chi connectivity index (χ3v) is 4.09. The van der Waals surface area contributed by atoms with Crippen molar-refractivity contribution >= 4 is 10.0 Å². The van der Waals surface area contributed by atoms with Gasteiger partial charge in [-0.2, -0.15) is 4.98 Å². The van der Waals surface area contributed by atoms with Crippen LogP contribution in [-0.2, 0) is 29.7 Å². The van der Waals surface area contributed by atoms with Crippen LogP contribution in [0.1, 0.15) is 24.9 Å². The molecule has 0 atom stereocenters. The molecule has 2 aromatic heterocycles. The van der Waals surface area contributed by atoms with E-state index < -0.39 is 10.0 Å². The van der Waals surface area contributed by atoms with Crippen LogP contribution < -0.4 is 4.72 Å². The van der Waals surface area contributed by atoms with E-state index in [9.17, 15) is 13.5 Å². The highest BCUT2D eigenvalue weighted by Crippen LogP contribution is 2.15. The van der Waals surface area contributed by atoms with E-state index in [2.05, 4.69) is 19.4 Å². The lowest BCUT2D eigenvalue weighted by molar-refractivity contribution is 0.270. The van der Waals surface area contributed by atoms with Crippen molar-refractivity contribution in [3.8, 4) is 0 Å². The zero-order valence-corrected chi connectivity index (χ0v) is 11.8. The summed E-state index contributed by atoms with van der Waals surface area (Å²) in [4.78, 5) is 3.84. The maximum Gasteiger partial charge on any atom is 0.242 e. The lowest BCUT2D eigenvalue weighted by Crippen LogP contribution is -2.23. The van der Waals surface area contributed by atoms with Crippen LogP contribution in [0.25, 0.3) is 0 Å². The molecule has 0 radical (unpaired) electrons. The molecule has 110 valence electrons. The monoisotopic (exact) mass is 300 g/mol. The second-order valence-electron chi connectivity index (χ2n) is 4.19. The summed E-state index contributed by atoms with van der Waals surface area (Å²) in [5, 5.41) is 12.8. The molecular formula is C11H16N4O4S. The van der Waals surface area contributed by atoms with Crippen molar-refractivity contribution in [2.75, 3.05) is 0 Å². The Morgan fingerprint density at radius 1 is 1.50 bits per heavy atom. The largest absolute Gasteiger partial charge is 0.390 e. The molecule has 8 nitrogen and oxygen atoms in total. The van der Waals surface area contributed by atoms with E-state index in [4.69, 9.17) is 0 Å². The second kappa shape index (κ2) is 6.16. The Labute approximate surface area is 116 Å². The normalized spacial score (nSPS) is 11.9. The molecule has 0 aliphatic rings. The molecular weight excluding hydrogens is 284 g/mol. The summed E-state index contributed by atoms with van der Waals surface area (Å²) in [5.74, 6) is 0.254. The van der Waals surface area contributed by atoms with Crippen molar-refractivity contribution in [3.05, 3.63) is 30.2 Å². The molecule has 2 N–H and O–H groups in total. The Hall–Kier alpha value is -1.71. The Kier molecular flexibility index (Phi) is 4.53. The fraction of sp³-hybridized carbons (Fsp3) is 0.455. The molecule has 20 heavy (non-hydrogen) atoms. The van der Waals surface area contributed by atoms with Crippen LogP contribution in [0.15, 0.2) is 28.1 Å². The topological polar surface area (TPSA) is 110 Å². The predicted octanol–water partition coefficient (Wildman–Crippen LogP) is 0.252. The Balaban J connectivity index is 2.16. The molecule has 0 unspecified atom stereocenters. The minimum Gasteiger partial charge on any atom is -0.390 e. The summed E-state index contributed by atoms with van der Waals surface area (Å²) in [6.45, 7) is 2.37. The number of hydrogen-bond donors (Lipinski definition) is 2. The highest BCUT2D eigenvalue weighted by Gasteiger charge is 2.18. The molecule has 0 aromatic carbocycles. The highest BCUT2D eigenvalue weighted by atomic mass is 32.2. The number of aliphatic hydroxyl groups is 1. The summed E-state index contributed by atoms with van der Waals surface area (Å²) in [7, 11) is -3.67. The fourth-order valence-corrected chi connectivity index (χ4v) is 2.81. The number of aliphatic hydroxyl groups excluding tert-OH is 1. The lowest BCUT2D eigenvalue weighted by atomic mass is 10.4. The maximum atomic E-state index is 12.1. The molecule has 2 aromatic rings. The molecule has 0 saturated carbocycles. The van der Waals surface area contributed by atoms with E-state index in [1.54, 1.807) is 4.57 Å². The van der Waals surface area contributed by atoms with Gasteiger partial charge in [0.05, 0.1) is 18.0 Å². The van der Waals surface area contributed by atoms with Gasteiger partial charge in [0.15, 0.2) is 5.82 Å². The minimum absolute atomic E-state index is 0.0494. The molecule has 0 bridgehead atoms. The van der Waals surface area contributed by atoms with Gasteiger partial charge in [0.25, 0.3) is 0 Å². The third kappa shape index (κ3) is 3.24. The summed E-state index contributed by atoms with van der Waals surface area (Å²) < 4.78 is 32.9. The van der Waals surface area contributed by atoms with Gasteiger partial charge in [-0.15, -0.1) is 0 Å². The van der Waals surface area contributed by atoms with Crippen molar-refractivity contribution in [1.82, 2.24) is 19.4 Å². The van der Waals surface area contributed by atoms with E-state index in [1.165, 1.54) is 12.3 Å². The molecule has 0 aliphatic heterocycles. The van der Waals surface area contributed by atoms with Crippen LogP contribution in [-0.4, -0.2) is 28.2 Å². The van der Waals surface area contributed by atoms with Crippen LogP contribution >= 0.6 is 0 Å². The smallest absolute Gasteiger partial charge is 0.242 e. The van der Waals surface area contributed by atoms with Crippen LogP contribution in [0, 0.1) is 0 Å². The zero-order valence-electron chi connectivity index (χ0n) is 11.0. The SMILES string of the molecule is CCCn1cc(S(=O)(=O)NCc2ncon2)cc1CO. The standard InChI is InChI=1S/C11H16N4O4S/c1-2-3-15-6-10(4-9(15)7-16)20(17,18)13-5-11-12-8-19-14-11/h4,6,8,13,16H,2-3,5,7H2,1H3.